The van der Waals surface area contributed by atoms with Gasteiger partial charge in [-0.15, -0.1) is 0 Å². The van der Waals surface area contributed by atoms with Crippen LogP contribution in [0.3, 0.4) is 0 Å². The Morgan fingerprint density at radius 1 is 1.16 bits per heavy atom. The Labute approximate surface area is 109 Å². The minimum atomic E-state index is -0.0305. The Kier molecular flexibility index (Phi) is 2.76. The van der Waals surface area contributed by atoms with Crippen LogP contribution in [0, 0.1) is 0 Å². The third-order valence-electron chi connectivity index (χ3n) is 2.98. The number of fused-ring (bicyclic) bond motifs is 1. The summed E-state index contributed by atoms with van der Waals surface area (Å²) >= 11 is 0. The van der Waals surface area contributed by atoms with E-state index in [0.29, 0.717) is 16.8 Å². The topological polar surface area (TPSA) is 55.0 Å². The Hall–Kier alpha value is -2.62. The quantitative estimate of drug-likeness (QED) is 0.762. The van der Waals surface area contributed by atoms with E-state index >= 15 is 0 Å². The maximum absolute atomic E-state index is 12.1. The number of hydrogen-bond acceptors (Lipinski definition) is 3. The number of aromatic nitrogens is 2. The molecule has 2 aromatic heterocycles. The first-order valence-electron chi connectivity index (χ1n) is 5.90. The summed E-state index contributed by atoms with van der Waals surface area (Å²) in [7, 11) is 1.60. The first-order valence-corrected chi connectivity index (χ1v) is 5.90. The van der Waals surface area contributed by atoms with E-state index in [1.807, 2.05) is 24.3 Å². The maximum Gasteiger partial charge on any atom is 0.190 e. The molecule has 0 saturated carbocycles. The van der Waals surface area contributed by atoms with Gasteiger partial charge in [0.1, 0.15) is 5.75 Å². The van der Waals surface area contributed by atoms with Crippen molar-refractivity contribution in [2.24, 2.45) is 0 Å². The summed E-state index contributed by atoms with van der Waals surface area (Å²) in [5, 5.41) is 0.639. The molecule has 0 spiro atoms. The molecule has 4 heteroatoms. The molecule has 19 heavy (non-hydrogen) atoms. The molecular formula is C15H12N2O2. The van der Waals surface area contributed by atoms with Crippen LogP contribution in [0.1, 0.15) is 0 Å². The predicted octanol–water partition coefficient (Wildman–Crippen LogP) is 2.60. The molecule has 3 rings (SSSR count). The number of H-pyrrole nitrogens is 1. The molecule has 0 aliphatic carbocycles. The van der Waals surface area contributed by atoms with Crippen molar-refractivity contribution in [1.29, 1.82) is 0 Å². The zero-order valence-corrected chi connectivity index (χ0v) is 10.4. The van der Waals surface area contributed by atoms with E-state index in [0.717, 1.165) is 11.2 Å². The highest BCUT2D eigenvalue weighted by Gasteiger charge is 2.05. The van der Waals surface area contributed by atoms with Crippen molar-refractivity contribution < 1.29 is 4.74 Å². The lowest BCUT2D eigenvalue weighted by atomic mass is 10.1. The number of methoxy groups -OCH3 is 1. The van der Waals surface area contributed by atoms with Gasteiger partial charge in [-0.1, -0.05) is 6.07 Å². The monoisotopic (exact) mass is 252 g/mol. The van der Waals surface area contributed by atoms with Gasteiger partial charge in [0.25, 0.3) is 0 Å². The van der Waals surface area contributed by atoms with Crippen LogP contribution in [0.4, 0.5) is 0 Å². The molecule has 3 aromatic rings. The Balaban J connectivity index is 2.26. The van der Waals surface area contributed by atoms with E-state index in [4.69, 9.17) is 4.74 Å². The van der Waals surface area contributed by atoms with E-state index < -0.39 is 0 Å². The van der Waals surface area contributed by atoms with Crippen LogP contribution >= 0.6 is 0 Å². The molecule has 1 N–H and O–H groups in total. The van der Waals surface area contributed by atoms with Crippen LogP contribution in [0.15, 0.2) is 53.5 Å². The summed E-state index contributed by atoms with van der Waals surface area (Å²) in [6.45, 7) is 0. The fourth-order valence-corrected chi connectivity index (χ4v) is 2.02. The SMILES string of the molecule is COc1ccc2c(=O)cc(-c3ccccn3)[nH]c2c1. The maximum atomic E-state index is 12.1. The number of benzene rings is 1. The first-order chi connectivity index (χ1) is 9.28. The summed E-state index contributed by atoms with van der Waals surface area (Å²) in [6.07, 6.45) is 1.70. The van der Waals surface area contributed by atoms with Crippen LogP contribution < -0.4 is 10.2 Å². The molecule has 0 fully saturated rings. The Morgan fingerprint density at radius 2 is 2.05 bits per heavy atom. The normalized spacial score (nSPS) is 10.6. The minimum absolute atomic E-state index is 0.0305. The molecule has 0 bridgehead atoms. The van der Waals surface area contributed by atoms with E-state index in [1.165, 1.54) is 0 Å². The third kappa shape index (κ3) is 2.08. The van der Waals surface area contributed by atoms with Gasteiger partial charge < -0.3 is 9.72 Å². The second kappa shape index (κ2) is 4.57. The highest BCUT2D eigenvalue weighted by atomic mass is 16.5. The smallest absolute Gasteiger partial charge is 0.190 e. The Bertz CT molecular complexity index is 779. The average molecular weight is 252 g/mol. The van der Waals surface area contributed by atoms with Gasteiger partial charge in [-0.25, -0.2) is 0 Å². The number of aromatic amines is 1. The fraction of sp³-hybridized carbons (Fsp3) is 0.0667. The zero-order valence-electron chi connectivity index (χ0n) is 10.4. The third-order valence-corrected chi connectivity index (χ3v) is 2.98. The lowest BCUT2D eigenvalue weighted by molar-refractivity contribution is 0.415. The van der Waals surface area contributed by atoms with Crippen molar-refractivity contribution in [3.8, 4) is 17.1 Å². The number of ether oxygens (including phenoxy) is 1. The van der Waals surface area contributed by atoms with Gasteiger partial charge in [-0.2, -0.15) is 0 Å². The molecule has 94 valence electrons. The largest absolute Gasteiger partial charge is 0.497 e. The van der Waals surface area contributed by atoms with Gasteiger partial charge >= 0.3 is 0 Å². The zero-order chi connectivity index (χ0) is 13.2. The molecule has 0 saturated heterocycles. The number of pyridine rings is 2. The lowest BCUT2D eigenvalue weighted by Gasteiger charge is -2.05. The summed E-state index contributed by atoms with van der Waals surface area (Å²) in [6, 6.07) is 12.5. The van der Waals surface area contributed by atoms with Gasteiger partial charge in [0, 0.05) is 23.7 Å². The predicted molar refractivity (Wildman–Crippen MR) is 74.4 cm³/mol. The fourth-order valence-electron chi connectivity index (χ4n) is 2.02. The molecule has 2 heterocycles. The molecule has 0 atom stereocenters. The number of nitrogens with one attached hydrogen (secondary N) is 1. The second-order valence-electron chi connectivity index (χ2n) is 4.17. The number of nitrogens with zero attached hydrogens (tertiary/aromatic N) is 1. The van der Waals surface area contributed by atoms with Crippen molar-refractivity contribution in [3.63, 3.8) is 0 Å². The van der Waals surface area contributed by atoms with Crippen molar-refractivity contribution in [3.05, 3.63) is 58.9 Å². The van der Waals surface area contributed by atoms with Crippen molar-refractivity contribution >= 4 is 10.9 Å². The van der Waals surface area contributed by atoms with Crippen LogP contribution in [0.5, 0.6) is 5.75 Å². The molecule has 1 aromatic carbocycles. The van der Waals surface area contributed by atoms with E-state index in [2.05, 4.69) is 9.97 Å². The summed E-state index contributed by atoms with van der Waals surface area (Å²) in [5.41, 5.74) is 2.15. The molecule has 0 amide bonds. The summed E-state index contributed by atoms with van der Waals surface area (Å²) < 4.78 is 5.17. The van der Waals surface area contributed by atoms with Crippen molar-refractivity contribution in [2.45, 2.75) is 0 Å². The van der Waals surface area contributed by atoms with E-state index in [1.54, 1.807) is 31.5 Å². The number of hydrogen-bond donors (Lipinski definition) is 1. The van der Waals surface area contributed by atoms with Crippen LogP contribution in [-0.4, -0.2) is 17.1 Å². The average Bonchev–Trinajstić information content (AvgIpc) is 2.47. The van der Waals surface area contributed by atoms with Gasteiger partial charge in [0.15, 0.2) is 5.43 Å². The van der Waals surface area contributed by atoms with E-state index in [-0.39, 0.29) is 5.43 Å². The summed E-state index contributed by atoms with van der Waals surface area (Å²) in [5.74, 6) is 0.710. The highest BCUT2D eigenvalue weighted by molar-refractivity contribution is 5.82. The molecule has 0 aliphatic heterocycles. The summed E-state index contributed by atoms with van der Waals surface area (Å²) in [4.78, 5) is 19.5. The Morgan fingerprint density at radius 3 is 2.79 bits per heavy atom. The molecular weight excluding hydrogens is 240 g/mol. The lowest BCUT2D eigenvalue weighted by Crippen LogP contribution is -2.03. The van der Waals surface area contributed by atoms with Crippen molar-refractivity contribution in [2.75, 3.05) is 7.11 Å². The van der Waals surface area contributed by atoms with Crippen LogP contribution in [0.2, 0.25) is 0 Å². The standard InChI is InChI=1S/C15H12N2O2/c1-19-10-5-6-11-13(8-10)17-14(9-15(11)18)12-4-2-3-7-16-12/h2-9H,1H3,(H,17,18). The minimum Gasteiger partial charge on any atom is -0.497 e. The second-order valence-corrected chi connectivity index (χ2v) is 4.17. The molecule has 0 aliphatic rings. The van der Waals surface area contributed by atoms with Crippen LogP contribution in [0.25, 0.3) is 22.3 Å². The molecule has 0 unspecified atom stereocenters. The highest BCUT2D eigenvalue weighted by Crippen LogP contribution is 2.20. The van der Waals surface area contributed by atoms with Gasteiger partial charge in [0.05, 0.1) is 24.0 Å². The van der Waals surface area contributed by atoms with Gasteiger partial charge in [0.2, 0.25) is 0 Å². The van der Waals surface area contributed by atoms with Gasteiger partial charge in [-0.3, -0.25) is 9.78 Å². The molecule has 0 radical (unpaired) electrons. The van der Waals surface area contributed by atoms with Crippen LogP contribution in [-0.2, 0) is 0 Å². The number of rotatable bonds is 2. The first kappa shape index (κ1) is 11.5. The van der Waals surface area contributed by atoms with E-state index in [9.17, 15) is 4.79 Å². The van der Waals surface area contributed by atoms with Crippen molar-refractivity contribution in [1.82, 2.24) is 9.97 Å². The molecule has 4 nitrogen and oxygen atoms in total. The van der Waals surface area contributed by atoms with Gasteiger partial charge in [-0.05, 0) is 24.3 Å².